The quantitative estimate of drug-likeness (QED) is 0.886. The average molecular weight is 300 g/mol. The molecule has 1 amide bonds. The third kappa shape index (κ3) is 2.72. The van der Waals surface area contributed by atoms with Crippen LogP contribution in [0.25, 0.3) is 0 Å². The van der Waals surface area contributed by atoms with E-state index >= 15 is 0 Å². The standard InChI is InChI=1S/C17H20N2O3/c1-12-10-13-4-2-3-5-15(13)19(12)11-14-6-9-22-16(14)17(21)18-7-8-20/h2-6,9,12,20H,7-8,10-11H2,1H3,(H,18,21). The van der Waals surface area contributed by atoms with Crippen molar-refractivity contribution in [2.45, 2.75) is 25.9 Å². The summed E-state index contributed by atoms with van der Waals surface area (Å²) in [5.41, 5.74) is 3.42. The number of anilines is 1. The van der Waals surface area contributed by atoms with Gasteiger partial charge in [-0.1, -0.05) is 18.2 Å². The zero-order chi connectivity index (χ0) is 15.5. The summed E-state index contributed by atoms with van der Waals surface area (Å²) in [6.45, 7) is 2.96. The number of fused-ring (bicyclic) bond motifs is 1. The van der Waals surface area contributed by atoms with E-state index in [2.05, 4.69) is 35.3 Å². The molecule has 2 heterocycles. The van der Waals surface area contributed by atoms with Gasteiger partial charge in [-0.2, -0.15) is 0 Å². The average Bonchev–Trinajstić information content (AvgIpc) is 3.10. The number of para-hydroxylation sites is 1. The molecule has 2 N–H and O–H groups in total. The Morgan fingerprint density at radius 3 is 3.05 bits per heavy atom. The van der Waals surface area contributed by atoms with Crippen molar-refractivity contribution in [3.63, 3.8) is 0 Å². The summed E-state index contributed by atoms with van der Waals surface area (Å²) in [6.07, 6.45) is 2.55. The number of hydrogen-bond acceptors (Lipinski definition) is 4. The number of nitrogens with zero attached hydrogens (tertiary/aromatic N) is 1. The van der Waals surface area contributed by atoms with Crippen molar-refractivity contribution in [2.24, 2.45) is 0 Å². The molecule has 1 atom stereocenters. The van der Waals surface area contributed by atoms with Crippen LogP contribution in [0.3, 0.4) is 0 Å². The fourth-order valence-corrected chi connectivity index (χ4v) is 2.96. The number of amides is 1. The molecule has 2 aromatic rings. The van der Waals surface area contributed by atoms with E-state index in [1.807, 2.05) is 12.1 Å². The maximum absolute atomic E-state index is 12.1. The highest BCUT2D eigenvalue weighted by Gasteiger charge is 2.27. The molecular formula is C17H20N2O3. The number of benzene rings is 1. The van der Waals surface area contributed by atoms with Gasteiger partial charge in [0.05, 0.1) is 12.9 Å². The normalized spacial score (nSPS) is 16.6. The molecule has 3 rings (SSSR count). The van der Waals surface area contributed by atoms with E-state index in [-0.39, 0.29) is 19.1 Å². The summed E-state index contributed by atoms with van der Waals surface area (Å²) in [4.78, 5) is 14.3. The summed E-state index contributed by atoms with van der Waals surface area (Å²) < 4.78 is 5.34. The molecule has 0 bridgehead atoms. The largest absolute Gasteiger partial charge is 0.459 e. The number of carbonyl (C=O) groups excluding carboxylic acids is 1. The maximum atomic E-state index is 12.1. The van der Waals surface area contributed by atoms with Crippen molar-refractivity contribution in [1.29, 1.82) is 0 Å². The highest BCUT2D eigenvalue weighted by molar-refractivity contribution is 5.93. The summed E-state index contributed by atoms with van der Waals surface area (Å²) in [6, 6.07) is 10.6. The molecule has 5 nitrogen and oxygen atoms in total. The smallest absolute Gasteiger partial charge is 0.287 e. The van der Waals surface area contributed by atoms with Gasteiger partial charge >= 0.3 is 0 Å². The monoisotopic (exact) mass is 300 g/mol. The number of carbonyl (C=O) groups is 1. The number of aliphatic hydroxyl groups excluding tert-OH is 1. The fourth-order valence-electron chi connectivity index (χ4n) is 2.96. The third-order valence-electron chi connectivity index (χ3n) is 4.04. The van der Waals surface area contributed by atoms with Gasteiger partial charge in [-0.15, -0.1) is 0 Å². The Balaban J connectivity index is 1.80. The molecule has 22 heavy (non-hydrogen) atoms. The summed E-state index contributed by atoms with van der Waals surface area (Å²) in [5, 5.41) is 11.4. The summed E-state index contributed by atoms with van der Waals surface area (Å²) >= 11 is 0. The summed E-state index contributed by atoms with van der Waals surface area (Å²) in [5.74, 6) is 0.0409. The van der Waals surface area contributed by atoms with Gasteiger partial charge < -0.3 is 19.7 Å². The Hall–Kier alpha value is -2.27. The second kappa shape index (κ2) is 6.23. The fraction of sp³-hybridized carbons (Fsp3) is 0.353. The lowest BCUT2D eigenvalue weighted by Crippen LogP contribution is -2.31. The number of aliphatic hydroxyl groups is 1. The van der Waals surface area contributed by atoms with Crippen molar-refractivity contribution in [3.8, 4) is 0 Å². The van der Waals surface area contributed by atoms with Gasteiger partial charge in [0.1, 0.15) is 0 Å². The van der Waals surface area contributed by atoms with Crippen LogP contribution in [-0.4, -0.2) is 30.2 Å². The first kappa shape index (κ1) is 14.7. The van der Waals surface area contributed by atoms with Crippen LogP contribution in [0.15, 0.2) is 41.0 Å². The van der Waals surface area contributed by atoms with Gasteiger partial charge in [0.2, 0.25) is 0 Å². The SMILES string of the molecule is CC1Cc2ccccc2N1Cc1ccoc1C(=O)NCCO. The van der Waals surface area contributed by atoms with Gasteiger partial charge in [-0.3, -0.25) is 4.79 Å². The molecule has 5 heteroatoms. The minimum absolute atomic E-state index is 0.0850. The lowest BCUT2D eigenvalue weighted by molar-refractivity contribution is 0.0915. The molecule has 1 unspecified atom stereocenters. The Kier molecular flexibility index (Phi) is 4.15. The number of nitrogens with one attached hydrogen (secondary N) is 1. The number of hydrogen-bond donors (Lipinski definition) is 2. The van der Waals surface area contributed by atoms with E-state index in [4.69, 9.17) is 9.52 Å². The molecule has 0 spiro atoms. The highest BCUT2D eigenvalue weighted by atomic mass is 16.3. The zero-order valence-corrected chi connectivity index (χ0v) is 12.6. The molecule has 1 aliphatic heterocycles. The molecule has 1 aromatic heterocycles. The molecule has 116 valence electrons. The first-order valence-electron chi connectivity index (χ1n) is 7.50. The van der Waals surface area contributed by atoms with Gasteiger partial charge in [0, 0.05) is 30.4 Å². The van der Waals surface area contributed by atoms with Crippen LogP contribution in [0.4, 0.5) is 5.69 Å². The third-order valence-corrected chi connectivity index (χ3v) is 4.04. The minimum atomic E-state index is -0.283. The molecule has 0 fully saturated rings. The minimum Gasteiger partial charge on any atom is -0.459 e. The van der Waals surface area contributed by atoms with Crippen LogP contribution in [0, 0.1) is 0 Å². The second-order valence-electron chi connectivity index (χ2n) is 5.56. The van der Waals surface area contributed by atoms with Crippen LogP contribution in [-0.2, 0) is 13.0 Å². The van der Waals surface area contributed by atoms with Crippen LogP contribution >= 0.6 is 0 Å². The molecule has 1 aromatic carbocycles. The van der Waals surface area contributed by atoms with Crippen LogP contribution in [0.5, 0.6) is 0 Å². The van der Waals surface area contributed by atoms with Crippen molar-refractivity contribution in [3.05, 3.63) is 53.5 Å². The maximum Gasteiger partial charge on any atom is 0.287 e. The van der Waals surface area contributed by atoms with Crippen molar-refractivity contribution < 1.29 is 14.3 Å². The Morgan fingerprint density at radius 2 is 2.23 bits per heavy atom. The number of rotatable bonds is 5. The topological polar surface area (TPSA) is 65.7 Å². The lowest BCUT2D eigenvalue weighted by atomic mass is 10.1. The predicted octanol–water partition coefficient (Wildman–Crippen LogP) is 1.95. The first-order valence-corrected chi connectivity index (χ1v) is 7.50. The molecule has 1 aliphatic rings. The number of furan rings is 1. The van der Waals surface area contributed by atoms with Crippen LogP contribution < -0.4 is 10.2 Å². The van der Waals surface area contributed by atoms with Crippen molar-refractivity contribution >= 4 is 11.6 Å². The molecule has 0 saturated carbocycles. The summed E-state index contributed by atoms with van der Waals surface area (Å²) in [7, 11) is 0. The molecule has 0 aliphatic carbocycles. The van der Waals surface area contributed by atoms with E-state index in [1.54, 1.807) is 0 Å². The van der Waals surface area contributed by atoms with Crippen LogP contribution in [0.2, 0.25) is 0 Å². The van der Waals surface area contributed by atoms with Gasteiger partial charge in [0.15, 0.2) is 5.76 Å². The predicted molar refractivity (Wildman–Crippen MR) is 83.9 cm³/mol. The Bertz CT molecular complexity index is 665. The highest BCUT2D eigenvalue weighted by Crippen LogP contribution is 2.33. The van der Waals surface area contributed by atoms with Gasteiger partial charge in [-0.25, -0.2) is 0 Å². The molecular weight excluding hydrogens is 280 g/mol. The Morgan fingerprint density at radius 1 is 1.41 bits per heavy atom. The Labute approximate surface area is 129 Å². The van der Waals surface area contributed by atoms with E-state index in [0.717, 1.165) is 12.0 Å². The molecule has 0 radical (unpaired) electrons. The lowest BCUT2D eigenvalue weighted by Gasteiger charge is -2.24. The second-order valence-corrected chi connectivity index (χ2v) is 5.56. The zero-order valence-electron chi connectivity index (χ0n) is 12.6. The van der Waals surface area contributed by atoms with E-state index in [9.17, 15) is 4.79 Å². The van der Waals surface area contributed by atoms with E-state index < -0.39 is 0 Å². The molecule has 0 saturated heterocycles. The van der Waals surface area contributed by atoms with Crippen molar-refractivity contribution in [2.75, 3.05) is 18.1 Å². The van der Waals surface area contributed by atoms with Crippen LogP contribution in [0.1, 0.15) is 28.6 Å². The van der Waals surface area contributed by atoms with E-state index in [0.29, 0.717) is 18.3 Å². The first-order chi connectivity index (χ1) is 10.7. The van der Waals surface area contributed by atoms with Gasteiger partial charge in [0.25, 0.3) is 5.91 Å². The van der Waals surface area contributed by atoms with Crippen molar-refractivity contribution in [1.82, 2.24) is 5.32 Å². The van der Waals surface area contributed by atoms with E-state index in [1.165, 1.54) is 17.5 Å². The van der Waals surface area contributed by atoms with Gasteiger partial charge in [-0.05, 0) is 31.0 Å².